The molecule has 1 aliphatic carbocycles. The highest BCUT2D eigenvalue weighted by Crippen LogP contribution is 2.22. The maximum absolute atomic E-state index is 11.7. The van der Waals surface area contributed by atoms with Crippen molar-refractivity contribution in [1.82, 2.24) is 5.32 Å². The van der Waals surface area contributed by atoms with Crippen LogP contribution in [0.1, 0.15) is 48.5 Å². The van der Waals surface area contributed by atoms with Crippen LogP contribution in [0.3, 0.4) is 0 Å². The van der Waals surface area contributed by atoms with Gasteiger partial charge in [0, 0.05) is 25.2 Å². The molecular formula is C17H24N2O4. The van der Waals surface area contributed by atoms with Gasteiger partial charge >= 0.3 is 5.97 Å². The van der Waals surface area contributed by atoms with Gasteiger partial charge in [0.05, 0.1) is 18.8 Å². The fourth-order valence-electron chi connectivity index (χ4n) is 2.83. The van der Waals surface area contributed by atoms with Crippen LogP contribution in [-0.2, 0) is 16.1 Å². The number of hydrogen-bond acceptors (Lipinski definition) is 5. The number of carbonyl (C=O) groups excluding carboxylic acids is 2. The van der Waals surface area contributed by atoms with Crippen molar-refractivity contribution in [3.63, 3.8) is 0 Å². The van der Waals surface area contributed by atoms with Gasteiger partial charge in [0.1, 0.15) is 0 Å². The Hall–Kier alpha value is -1.92. The lowest BCUT2D eigenvalue weighted by atomic mass is 9.93. The van der Waals surface area contributed by atoms with E-state index in [1.165, 1.54) is 14.0 Å². The summed E-state index contributed by atoms with van der Waals surface area (Å²) in [5.74, 6) is -0.556. The molecule has 1 aliphatic rings. The second-order valence-electron chi connectivity index (χ2n) is 5.93. The Bertz CT molecular complexity index is 566. The predicted molar refractivity (Wildman–Crippen MR) is 87.2 cm³/mol. The molecule has 1 amide bonds. The van der Waals surface area contributed by atoms with Crippen molar-refractivity contribution in [2.75, 3.05) is 12.4 Å². The lowest BCUT2D eigenvalue weighted by Gasteiger charge is -2.26. The third-order valence-corrected chi connectivity index (χ3v) is 4.11. The van der Waals surface area contributed by atoms with Gasteiger partial charge in [-0.1, -0.05) is 0 Å². The molecule has 1 fully saturated rings. The van der Waals surface area contributed by atoms with Crippen LogP contribution in [0.25, 0.3) is 0 Å². The van der Waals surface area contributed by atoms with Crippen LogP contribution in [0.2, 0.25) is 0 Å². The molecule has 0 unspecified atom stereocenters. The van der Waals surface area contributed by atoms with E-state index in [9.17, 15) is 14.7 Å². The second-order valence-corrected chi connectivity index (χ2v) is 5.93. The third-order valence-electron chi connectivity index (χ3n) is 4.11. The lowest BCUT2D eigenvalue weighted by Crippen LogP contribution is -2.34. The van der Waals surface area contributed by atoms with Gasteiger partial charge in [0.25, 0.3) is 0 Å². The van der Waals surface area contributed by atoms with Crippen LogP contribution >= 0.6 is 0 Å². The Morgan fingerprint density at radius 2 is 1.96 bits per heavy atom. The Labute approximate surface area is 136 Å². The Morgan fingerprint density at radius 3 is 2.57 bits per heavy atom. The maximum atomic E-state index is 11.7. The predicted octanol–water partition coefficient (Wildman–Crippen LogP) is 1.82. The monoisotopic (exact) mass is 320 g/mol. The van der Waals surface area contributed by atoms with Gasteiger partial charge in [-0.3, -0.25) is 4.79 Å². The smallest absolute Gasteiger partial charge is 0.337 e. The highest BCUT2D eigenvalue weighted by molar-refractivity contribution is 5.93. The van der Waals surface area contributed by atoms with Crippen molar-refractivity contribution in [3.05, 3.63) is 29.3 Å². The Kier molecular flexibility index (Phi) is 6.12. The zero-order valence-electron chi connectivity index (χ0n) is 13.6. The highest BCUT2D eigenvalue weighted by atomic mass is 16.5. The summed E-state index contributed by atoms with van der Waals surface area (Å²) in [4.78, 5) is 23.0. The molecule has 0 heterocycles. The number of anilines is 1. The Balaban J connectivity index is 2.09. The summed E-state index contributed by atoms with van der Waals surface area (Å²) in [6, 6.07) is 5.43. The highest BCUT2D eigenvalue weighted by Gasteiger charge is 2.19. The van der Waals surface area contributed by atoms with Crippen LogP contribution < -0.4 is 10.6 Å². The molecule has 0 saturated heterocycles. The number of carbonyl (C=O) groups is 2. The summed E-state index contributed by atoms with van der Waals surface area (Å²) < 4.78 is 4.74. The first-order valence-electron chi connectivity index (χ1n) is 7.90. The second kappa shape index (κ2) is 8.08. The van der Waals surface area contributed by atoms with Crippen molar-refractivity contribution in [2.45, 2.75) is 51.3 Å². The molecule has 126 valence electrons. The van der Waals surface area contributed by atoms with Crippen molar-refractivity contribution in [1.29, 1.82) is 0 Å². The summed E-state index contributed by atoms with van der Waals surface area (Å²) in [6.07, 6.45) is 3.27. The van der Waals surface area contributed by atoms with Gasteiger partial charge in [-0.2, -0.15) is 0 Å². The standard InChI is InChI=1S/C17H24N2O4/c1-11(20)19-16-8-3-12(17(22)23-2)9-13(16)10-18-14-4-6-15(21)7-5-14/h3,8-9,14-15,18,21H,4-7,10H2,1-2H3,(H,19,20)/t14-,15-. The van der Waals surface area contributed by atoms with E-state index >= 15 is 0 Å². The first kappa shape index (κ1) is 17.4. The summed E-state index contributed by atoms with van der Waals surface area (Å²) in [7, 11) is 1.34. The number of hydrogen-bond donors (Lipinski definition) is 3. The summed E-state index contributed by atoms with van der Waals surface area (Å²) in [6.45, 7) is 2.00. The van der Waals surface area contributed by atoms with Gasteiger partial charge < -0.3 is 20.5 Å². The van der Waals surface area contributed by atoms with Crippen molar-refractivity contribution < 1.29 is 19.4 Å². The molecule has 6 heteroatoms. The minimum Gasteiger partial charge on any atom is -0.465 e. The zero-order chi connectivity index (χ0) is 16.8. The molecule has 1 aromatic rings. The van der Waals surface area contributed by atoms with E-state index < -0.39 is 5.97 Å². The molecule has 0 aromatic heterocycles. The minimum absolute atomic E-state index is 0.155. The van der Waals surface area contributed by atoms with E-state index in [4.69, 9.17) is 4.74 Å². The molecule has 3 N–H and O–H groups in total. The van der Waals surface area contributed by atoms with E-state index in [-0.39, 0.29) is 12.0 Å². The maximum Gasteiger partial charge on any atom is 0.337 e. The quantitative estimate of drug-likeness (QED) is 0.720. The van der Waals surface area contributed by atoms with Crippen LogP contribution in [0.4, 0.5) is 5.69 Å². The average molecular weight is 320 g/mol. The summed E-state index contributed by atoms with van der Waals surface area (Å²) in [5.41, 5.74) is 1.99. The average Bonchev–Trinajstić information content (AvgIpc) is 2.54. The van der Waals surface area contributed by atoms with E-state index in [1.807, 2.05) is 0 Å². The van der Waals surface area contributed by atoms with E-state index in [1.54, 1.807) is 18.2 Å². The van der Waals surface area contributed by atoms with E-state index in [0.717, 1.165) is 31.2 Å². The fraction of sp³-hybridized carbons (Fsp3) is 0.529. The van der Waals surface area contributed by atoms with Crippen LogP contribution in [-0.4, -0.2) is 36.2 Å². The number of benzene rings is 1. The lowest BCUT2D eigenvalue weighted by molar-refractivity contribution is -0.114. The molecule has 0 radical (unpaired) electrons. The molecule has 0 aliphatic heterocycles. The van der Waals surface area contributed by atoms with Gasteiger partial charge in [-0.15, -0.1) is 0 Å². The molecule has 6 nitrogen and oxygen atoms in total. The topological polar surface area (TPSA) is 87.7 Å². The number of rotatable bonds is 5. The summed E-state index contributed by atoms with van der Waals surface area (Å²) in [5, 5.41) is 15.8. The van der Waals surface area contributed by atoms with Gasteiger partial charge in [0.15, 0.2) is 0 Å². The summed E-state index contributed by atoms with van der Waals surface area (Å²) >= 11 is 0. The molecule has 0 atom stereocenters. The van der Waals surface area contributed by atoms with Gasteiger partial charge in [0.2, 0.25) is 5.91 Å². The van der Waals surface area contributed by atoms with E-state index in [2.05, 4.69) is 10.6 Å². The van der Waals surface area contributed by atoms with E-state index in [0.29, 0.717) is 23.8 Å². The van der Waals surface area contributed by atoms with Crippen molar-refractivity contribution in [3.8, 4) is 0 Å². The van der Waals surface area contributed by atoms with Crippen LogP contribution in [0, 0.1) is 0 Å². The number of ether oxygens (including phenoxy) is 1. The molecule has 0 bridgehead atoms. The normalized spacial score (nSPS) is 20.8. The van der Waals surface area contributed by atoms with Crippen molar-refractivity contribution in [2.24, 2.45) is 0 Å². The number of aliphatic hydroxyl groups is 1. The first-order valence-corrected chi connectivity index (χ1v) is 7.90. The third kappa shape index (κ3) is 5.04. The number of methoxy groups -OCH3 is 1. The molecule has 23 heavy (non-hydrogen) atoms. The number of amides is 1. The molecule has 1 aromatic carbocycles. The Morgan fingerprint density at radius 1 is 1.26 bits per heavy atom. The van der Waals surface area contributed by atoms with Gasteiger partial charge in [-0.05, 0) is 49.4 Å². The number of aliphatic hydroxyl groups excluding tert-OH is 1. The largest absolute Gasteiger partial charge is 0.465 e. The fourth-order valence-corrected chi connectivity index (χ4v) is 2.83. The zero-order valence-corrected chi connectivity index (χ0v) is 13.6. The minimum atomic E-state index is -0.401. The molecule has 1 saturated carbocycles. The SMILES string of the molecule is COC(=O)c1ccc(NC(C)=O)c(CN[C@H]2CC[C@H](O)CC2)c1. The molecule has 2 rings (SSSR count). The number of nitrogens with one attached hydrogen (secondary N) is 2. The van der Waals surface area contributed by atoms with Gasteiger partial charge in [-0.25, -0.2) is 4.79 Å². The molecule has 0 spiro atoms. The molecular weight excluding hydrogens is 296 g/mol. The van der Waals surface area contributed by atoms with Crippen LogP contribution in [0.5, 0.6) is 0 Å². The first-order chi connectivity index (χ1) is 11.0. The van der Waals surface area contributed by atoms with Crippen molar-refractivity contribution >= 4 is 17.6 Å². The van der Waals surface area contributed by atoms with Crippen LogP contribution in [0.15, 0.2) is 18.2 Å². The number of esters is 1.